The second-order valence-corrected chi connectivity index (χ2v) is 6.38. The normalized spacial score (nSPS) is 11.2. The molecule has 0 amide bonds. The van der Waals surface area contributed by atoms with Gasteiger partial charge < -0.3 is 0 Å². The molecule has 18 heavy (non-hydrogen) atoms. The highest BCUT2D eigenvalue weighted by atomic mass is 79.9. The van der Waals surface area contributed by atoms with E-state index < -0.39 is 10.0 Å². The number of halogens is 1. The minimum atomic E-state index is -3.64. The Kier molecular flexibility index (Phi) is 3.63. The van der Waals surface area contributed by atoms with E-state index in [1.165, 1.54) is 25.5 Å². The van der Waals surface area contributed by atoms with Crippen molar-refractivity contribution in [3.8, 4) is 0 Å². The van der Waals surface area contributed by atoms with Crippen LogP contribution in [0.15, 0.2) is 52.2 Å². The van der Waals surface area contributed by atoms with Gasteiger partial charge in [0.1, 0.15) is 10.7 Å². The minimum absolute atomic E-state index is 0.116. The molecule has 0 saturated carbocycles. The van der Waals surface area contributed by atoms with Gasteiger partial charge in [-0.25, -0.2) is 13.4 Å². The summed E-state index contributed by atoms with van der Waals surface area (Å²) in [7, 11) is -2.18. The number of anilines is 1. The molecule has 7 heteroatoms. The monoisotopic (exact) mass is 327 g/mol. The van der Waals surface area contributed by atoms with Crippen molar-refractivity contribution in [2.24, 2.45) is 0 Å². The lowest BCUT2D eigenvalue weighted by Crippen LogP contribution is -2.27. The van der Waals surface area contributed by atoms with Crippen molar-refractivity contribution in [1.82, 2.24) is 9.97 Å². The van der Waals surface area contributed by atoms with Crippen molar-refractivity contribution in [2.75, 3.05) is 11.4 Å². The fraction of sp³-hybridized carbons (Fsp3) is 0.0909. The molecule has 5 nitrogen and oxygen atoms in total. The zero-order chi connectivity index (χ0) is 13.2. The maximum atomic E-state index is 12.3. The number of rotatable bonds is 3. The molecule has 0 fully saturated rings. The van der Waals surface area contributed by atoms with Gasteiger partial charge in [-0.2, -0.15) is 0 Å². The van der Waals surface area contributed by atoms with E-state index in [1.807, 2.05) is 0 Å². The van der Waals surface area contributed by atoms with Crippen LogP contribution in [0.3, 0.4) is 0 Å². The van der Waals surface area contributed by atoms with E-state index in [4.69, 9.17) is 0 Å². The molecule has 2 heterocycles. The van der Waals surface area contributed by atoms with Crippen LogP contribution in [-0.4, -0.2) is 25.4 Å². The molecule has 94 valence electrons. The Morgan fingerprint density at radius 1 is 1.28 bits per heavy atom. The van der Waals surface area contributed by atoms with Crippen molar-refractivity contribution < 1.29 is 8.42 Å². The SMILES string of the molecule is CN(c1ccccn1)S(=O)(=O)c1cncc(Br)c1. The Labute approximate surface area is 114 Å². The van der Waals surface area contributed by atoms with Crippen LogP contribution >= 0.6 is 15.9 Å². The predicted molar refractivity (Wildman–Crippen MR) is 71.8 cm³/mol. The summed E-state index contributed by atoms with van der Waals surface area (Å²) in [6.07, 6.45) is 4.37. The molecule has 0 aliphatic carbocycles. The van der Waals surface area contributed by atoms with Gasteiger partial charge in [-0.1, -0.05) is 6.07 Å². The molecule has 2 rings (SSSR count). The summed E-state index contributed by atoms with van der Waals surface area (Å²) < 4.78 is 26.4. The zero-order valence-electron chi connectivity index (χ0n) is 9.49. The van der Waals surface area contributed by atoms with Crippen LogP contribution in [0.2, 0.25) is 0 Å². The summed E-state index contributed by atoms with van der Waals surface area (Å²) >= 11 is 3.20. The van der Waals surface area contributed by atoms with E-state index >= 15 is 0 Å². The van der Waals surface area contributed by atoms with Gasteiger partial charge >= 0.3 is 0 Å². The van der Waals surface area contributed by atoms with Crippen molar-refractivity contribution in [3.63, 3.8) is 0 Å². The molecule has 0 unspecified atom stereocenters. The van der Waals surface area contributed by atoms with Crippen molar-refractivity contribution in [3.05, 3.63) is 47.3 Å². The Morgan fingerprint density at radius 2 is 2.06 bits per heavy atom. The highest BCUT2D eigenvalue weighted by Crippen LogP contribution is 2.21. The molecule has 0 radical (unpaired) electrons. The molecule has 0 aliphatic heterocycles. The molecule has 0 N–H and O–H groups in total. The Morgan fingerprint density at radius 3 is 2.67 bits per heavy atom. The smallest absolute Gasteiger partial charge is 0.262 e. The van der Waals surface area contributed by atoms with Crippen molar-refractivity contribution >= 4 is 31.8 Å². The van der Waals surface area contributed by atoms with Gasteiger partial charge in [0.25, 0.3) is 10.0 Å². The van der Waals surface area contributed by atoms with Gasteiger partial charge in [0.05, 0.1) is 0 Å². The van der Waals surface area contributed by atoms with Crippen LogP contribution in [0, 0.1) is 0 Å². The molecule has 0 aromatic carbocycles. The lowest BCUT2D eigenvalue weighted by Gasteiger charge is -2.17. The van der Waals surface area contributed by atoms with Crippen LogP contribution in [0.4, 0.5) is 5.82 Å². The van der Waals surface area contributed by atoms with Gasteiger partial charge in [-0.05, 0) is 34.1 Å². The number of sulfonamides is 1. The number of hydrogen-bond acceptors (Lipinski definition) is 4. The molecule has 0 saturated heterocycles. The van der Waals surface area contributed by atoms with Gasteiger partial charge in [0, 0.05) is 30.1 Å². The van der Waals surface area contributed by atoms with Crippen LogP contribution in [-0.2, 0) is 10.0 Å². The third-order valence-electron chi connectivity index (χ3n) is 2.31. The molecule has 0 aliphatic rings. The molecule has 0 spiro atoms. The molecular weight excluding hydrogens is 318 g/mol. The lowest BCUT2D eigenvalue weighted by molar-refractivity contribution is 0.593. The maximum Gasteiger partial charge on any atom is 0.266 e. The summed E-state index contributed by atoms with van der Waals surface area (Å²) in [6, 6.07) is 6.59. The first kappa shape index (κ1) is 13.0. The first-order valence-corrected chi connectivity index (χ1v) is 7.25. The van der Waals surface area contributed by atoms with Crippen LogP contribution in [0.25, 0.3) is 0 Å². The second kappa shape index (κ2) is 5.03. The molecular formula is C11H10BrN3O2S. The zero-order valence-corrected chi connectivity index (χ0v) is 11.9. The van der Waals surface area contributed by atoms with Gasteiger partial charge in [0.2, 0.25) is 0 Å². The summed E-state index contributed by atoms with van der Waals surface area (Å²) in [5, 5.41) is 0. The minimum Gasteiger partial charge on any atom is -0.262 e. The van der Waals surface area contributed by atoms with Crippen LogP contribution in [0.1, 0.15) is 0 Å². The topological polar surface area (TPSA) is 63.2 Å². The largest absolute Gasteiger partial charge is 0.266 e. The first-order valence-electron chi connectivity index (χ1n) is 5.02. The standard InChI is InChI=1S/C11H10BrN3O2S/c1-15(11-4-2-3-5-14-11)18(16,17)10-6-9(12)7-13-8-10/h2-8H,1H3. The number of hydrogen-bond donors (Lipinski definition) is 0. The Balaban J connectivity index is 2.44. The van der Waals surface area contributed by atoms with Gasteiger partial charge in [-0.3, -0.25) is 9.29 Å². The number of aromatic nitrogens is 2. The predicted octanol–water partition coefficient (Wildman–Crippen LogP) is 2.06. The van der Waals surface area contributed by atoms with E-state index in [0.29, 0.717) is 10.3 Å². The van der Waals surface area contributed by atoms with E-state index in [1.54, 1.807) is 24.4 Å². The van der Waals surface area contributed by atoms with Gasteiger partial charge in [-0.15, -0.1) is 0 Å². The third kappa shape index (κ3) is 2.51. The summed E-state index contributed by atoms with van der Waals surface area (Å²) in [5.41, 5.74) is 0. The first-order chi connectivity index (χ1) is 8.51. The fourth-order valence-electron chi connectivity index (χ4n) is 1.35. The summed E-state index contributed by atoms with van der Waals surface area (Å²) in [5.74, 6) is 0.359. The fourth-order valence-corrected chi connectivity index (χ4v) is 3.01. The average Bonchev–Trinajstić information content (AvgIpc) is 2.39. The number of nitrogens with zero attached hydrogens (tertiary/aromatic N) is 3. The highest BCUT2D eigenvalue weighted by Gasteiger charge is 2.22. The maximum absolute atomic E-state index is 12.3. The van der Waals surface area contributed by atoms with Crippen LogP contribution < -0.4 is 4.31 Å². The Hall–Kier alpha value is -1.47. The lowest BCUT2D eigenvalue weighted by atomic mass is 10.5. The van der Waals surface area contributed by atoms with E-state index in [-0.39, 0.29) is 4.90 Å². The highest BCUT2D eigenvalue weighted by molar-refractivity contribution is 9.10. The molecule has 2 aromatic rings. The van der Waals surface area contributed by atoms with Gasteiger partial charge in [0.15, 0.2) is 0 Å². The number of pyridine rings is 2. The summed E-state index contributed by atoms with van der Waals surface area (Å²) in [6.45, 7) is 0. The second-order valence-electron chi connectivity index (χ2n) is 3.50. The average molecular weight is 328 g/mol. The van der Waals surface area contributed by atoms with Crippen molar-refractivity contribution in [2.45, 2.75) is 4.90 Å². The molecule has 0 atom stereocenters. The third-order valence-corrected chi connectivity index (χ3v) is 4.47. The van der Waals surface area contributed by atoms with Crippen LogP contribution in [0.5, 0.6) is 0 Å². The van der Waals surface area contributed by atoms with Crippen molar-refractivity contribution in [1.29, 1.82) is 0 Å². The molecule has 0 bridgehead atoms. The van der Waals surface area contributed by atoms with E-state index in [9.17, 15) is 8.42 Å². The summed E-state index contributed by atoms with van der Waals surface area (Å²) in [4.78, 5) is 7.98. The van der Waals surface area contributed by atoms with E-state index in [2.05, 4.69) is 25.9 Å². The molecule has 2 aromatic heterocycles. The Bertz CT molecular complexity index is 646. The quantitative estimate of drug-likeness (QED) is 0.865. The van der Waals surface area contributed by atoms with E-state index in [0.717, 1.165) is 4.31 Å².